The van der Waals surface area contributed by atoms with Crippen molar-refractivity contribution in [1.82, 2.24) is 9.78 Å². The third-order valence-electron chi connectivity index (χ3n) is 4.84. The van der Waals surface area contributed by atoms with Gasteiger partial charge in [-0.2, -0.15) is 18.3 Å². The highest BCUT2D eigenvalue weighted by molar-refractivity contribution is 7.13. The normalized spacial score (nSPS) is 11.5. The van der Waals surface area contributed by atoms with Crippen LogP contribution in [0.25, 0.3) is 22.3 Å². The largest absolute Gasteiger partial charge is 0.418 e. The van der Waals surface area contributed by atoms with E-state index in [0.717, 1.165) is 28.8 Å². The highest BCUT2D eigenvalue weighted by Crippen LogP contribution is 2.36. The first-order valence-corrected chi connectivity index (χ1v) is 11.3. The van der Waals surface area contributed by atoms with E-state index in [9.17, 15) is 22.8 Å². The van der Waals surface area contributed by atoms with Crippen LogP contribution in [0.4, 0.5) is 24.5 Å². The highest BCUT2D eigenvalue weighted by atomic mass is 32.1. The van der Waals surface area contributed by atoms with Crippen LogP contribution in [0.3, 0.4) is 0 Å². The lowest BCUT2D eigenvalue weighted by molar-refractivity contribution is -0.137. The Hall–Kier alpha value is -4.18. The average Bonchev–Trinajstić information content (AvgIpc) is 3.48. The van der Waals surface area contributed by atoms with Crippen molar-refractivity contribution in [2.75, 3.05) is 10.6 Å². The summed E-state index contributed by atoms with van der Waals surface area (Å²) in [5, 5.41) is 11.1. The maximum absolute atomic E-state index is 13.5. The molecule has 0 fully saturated rings. The molecule has 0 aliphatic rings. The van der Waals surface area contributed by atoms with Gasteiger partial charge in [-0.25, -0.2) is 4.68 Å². The van der Waals surface area contributed by atoms with Gasteiger partial charge in [0.15, 0.2) is 0 Å². The second-order valence-electron chi connectivity index (χ2n) is 7.45. The number of nitrogens with zero attached hydrogens (tertiary/aromatic N) is 2. The number of aromatic nitrogens is 2. The number of benzene rings is 2. The van der Waals surface area contributed by atoms with Crippen molar-refractivity contribution in [2.24, 2.45) is 0 Å². The Morgan fingerprint density at radius 3 is 2.46 bits per heavy atom. The molecule has 2 amide bonds. The summed E-state index contributed by atoms with van der Waals surface area (Å²) in [6.07, 6.45) is -0.317. The first-order valence-electron chi connectivity index (χ1n) is 10.4. The molecule has 4 rings (SSSR count). The van der Waals surface area contributed by atoms with Gasteiger partial charge in [0.05, 0.1) is 21.8 Å². The number of anilines is 2. The third-order valence-corrected chi connectivity index (χ3v) is 5.71. The molecule has 0 unspecified atom stereocenters. The maximum atomic E-state index is 13.5. The Balaban J connectivity index is 1.61. The number of nitrogens with one attached hydrogen (secondary N) is 2. The molecule has 2 aromatic heterocycles. The van der Waals surface area contributed by atoms with E-state index < -0.39 is 29.2 Å². The molecular weight excluding hydrogens is 477 g/mol. The van der Waals surface area contributed by atoms with Gasteiger partial charge in [0.1, 0.15) is 5.69 Å². The van der Waals surface area contributed by atoms with Crippen LogP contribution in [0.15, 0.2) is 78.3 Å². The average molecular weight is 497 g/mol. The number of amides is 2. The van der Waals surface area contributed by atoms with Crippen molar-refractivity contribution in [1.29, 1.82) is 0 Å². The van der Waals surface area contributed by atoms with Gasteiger partial charge in [-0.05, 0) is 47.9 Å². The lowest BCUT2D eigenvalue weighted by Gasteiger charge is -2.15. The van der Waals surface area contributed by atoms with Crippen LogP contribution in [0.1, 0.15) is 18.1 Å². The van der Waals surface area contributed by atoms with Crippen LogP contribution in [-0.2, 0) is 15.8 Å². The minimum absolute atomic E-state index is 0.0210. The minimum atomic E-state index is -4.73. The summed E-state index contributed by atoms with van der Waals surface area (Å²) in [5.74, 6) is -1.25. The van der Waals surface area contributed by atoms with Crippen LogP contribution < -0.4 is 10.6 Å². The van der Waals surface area contributed by atoms with E-state index in [-0.39, 0.29) is 5.69 Å². The minimum Gasteiger partial charge on any atom is -0.326 e. The second-order valence-corrected chi connectivity index (χ2v) is 8.40. The third kappa shape index (κ3) is 5.85. The fourth-order valence-corrected chi connectivity index (χ4v) is 4.07. The van der Waals surface area contributed by atoms with Gasteiger partial charge in [-0.3, -0.25) is 9.59 Å². The number of carbonyl (C=O) groups excluding carboxylic acids is 2. The summed E-state index contributed by atoms with van der Waals surface area (Å²) in [6.45, 7) is 1.19. The molecule has 0 radical (unpaired) electrons. The quantitative estimate of drug-likeness (QED) is 0.311. The van der Waals surface area contributed by atoms with Gasteiger partial charge in [0.2, 0.25) is 11.8 Å². The van der Waals surface area contributed by atoms with E-state index in [1.54, 1.807) is 10.9 Å². The molecule has 178 valence electrons. The van der Waals surface area contributed by atoms with Crippen molar-refractivity contribution in [3.05, 3.63) is 89.4 Å². The maximum Gasteiger partial charge on any atom is 0.418 e. The van der Waals surface area contributed by atoms with E-state index in [1.807, 2.05) is 47.8 Å². The predicted molar refractivity (Wildman–Crippen MR) is 130 cm³/mol. The highest BCUT2D eigenvalue weighted by Gasteiger charge is 2.34. The standard InChI is InChI=1S/C25H19F3N4O2S/c1-16(33)29-18-10-11-21(20(14-18)25(26,27)28)30-23(34)12-9-17-15-32(19-6-3-2-4-7-19)31-24(17)22-8-5-13-35-22/h2-15H,1H3,(H,29,33)(H,30,34)/b12-9+. The predicted octanol–water partition coefficient (Wildman–Crippen LogP) is 6.23. The number of carbonyl (C=O) groups is 2. The Labute approximate surface area is 202 Å². The van der Waals surface area contributed by atoms with Crippen LogP contribution in [-0.4, -0.2) is 21.6 Å². The summed E-state index contributed by atoms with van der Waals surface area (Å²) in [4.78, 5) is 24.6. The molecule has 2 N–H and O–H groups in total. The zero-order valence-corrected chi connectivity index (χ0v) is 19.2. The first-order chi connectivity index (χ1) is 16.7. The number of para-hydroxylation sites is 1. The molecule has 10 heteroatoms. The van der Waals surface area contributed by atoms with E-state index in [1.165, 1.54) is 30.4 Å². The zero-order valence-electron chi connectivity index (χ0n) is 18.3. The lowest BCUT2D eigenvalue weighted by Crippen LogP contribution is -2.16. The van der Waals surface area contributed by atoms with Gasteiger partial charge < -0.3 is 10.6 Å². The number of alkyl halides is 3. The number of halogens is 3. The Bertz CT molecular complexity index is 1380. The summed E-state index contributed by atoms with van der Waals surface area (Å²) in [7, 11) is 0. The number of hydrogen-bond acceptors (Lipinski definition) is 4. The van der Waals surface area contributed by atoms with Crippen LogP contribution in [0.2, 0.25) is 0 Å². The zero-order chi connectivity index (χ0) is 25.0. The molecular formula is C25H19F3N4O2S. The summed E-state index contributed by atoms with van der Waals surface area (Å²) >= 11 is 1.48. The summed E-state index contributed by atoms with van der Waals surface area (Å²) in [5.41, 5.74) is 0.587. The summed E-state index contributed by atoms with van der Waals surface area (Å²) in [6, 6.07) is 16.3. The van der Waals surface area contributed by atoms with Gasteiger partial charge >= 0.3 is 6.18 Å². The van der Waals surface area contributed by atoms with Gasteiger partial charge in [0, 0.05) is 30.4 Å². The smallest absolute Gasteiger partial charge is 0.326 e. The molecule has 0 atom stereocenters. The molecule has 2 heterocycles. The monoisotopic (exact) mass is 496 g/mol. The van der Waals surface area contributed by atoms with Crippen molar-refractivity contribution in [2.45, 2.75) is 13.1 Å². The van der Waals surface area contributed by atoms with E-state index in [4.69, 9.17) is 0 Å². The van der Waals surface area contributed by atoms with Gasteiger partial charge in [-0.1, -0.05) is 24.3 Å². The molecule has 0 saturated carbocycles. The first kappa shape index (κ1) is 24.0. The number of rotatable bonds is 6. The molecule has 6 nitrogen and oxygen atoms in total. The molecule has 0 aliphatic carbocycles. The van der Waals surface area contributed by atoms with Crippen molar-refractivity contribution in [3.8, 4) is 16.3 Å². The fourth-order valence-electron chi connectivity index (χ4n) is 3.34. The lowest BCUT2D eigenvalue weighted by atomic mass is 10.1. The van der Waals surface area contributed by atoms with E-state index in [2.05, 4.69) is 15.7 Å². The van der Waals surface area contributed by atoms with Crippen LogP contribution >= 0.6 is 11.3 Å². The molecule has 0 saturated heterocycles. The molecule has 35 heavy (non-hydrogen) atoms. The van der Waals surface area contributed by atoms with Crippen LogP contribution in [0, 0.1) is 0 Å². The Morgan fingerprint density at radius 1 is 1.03 bits per heavy atom. The molecule has 2 aromatic carbocycles. The SMILES string of the molecule is CC(=O)Nc1ccc(NC(=O)/C=C/c2cn(-c3ccccc3)nc2-c2cccs2)c(C(F)(F)F)c1. The van der Waals surface area contributed by atoms with Gasteiger partial charge in [0.25, 0.3) is 0 Å². The molecule has 4 aromatic rings. The Kier molecular flexibility index (Phi) is 6.83. The molecule has 0 bridgehead atoms. The van der Waals surface area contributed by atoms with Gasteiger partial charge in [-0.15, -0.1) is 11.3 Å². The fraction of sp³-hybridized carbons (Fsp3) is 0.0800. The Morgan fingerprint density at radius 2 is 1.80 bits per heavy atom. The summed E-state index contributed by atoms with van der Waals surface area (Å²) < 4.78 is 42.3. The number of hydrogen-bond donors (Lipinski definition) is 2. The van der Waals surface area contributed by atoms with Crippen LogP contribution in [0.5, 0.6) is 0 Å². The topological polar surface area (TPSA) is 76.0 Å². The van der Waals surface area contributed by atoms with Crippen molar-refractivity contribution in [3.63, 3.8) is 0 Å². The van der Waals surface area contributed by atoms with E-state index >= 15 is 0 Å². The molecule has 0 spiro atoms. The molecule has 0 aliphatic heterocycles. The second kappa shape index (κ2) is 9.98. The number of thiophene rings is 1. The van der Waals surface area contributed by atoms with Crippen molar-refractivity contribution < 1.29 is 22.8 Å². The van der Waals surface area contributed by atoms with Crippen molar-refractivity contribution >= 4 is 40.6 Å². The van der Waals surface area contributed by atoms with E-state index in [0.29, 0.717) is 11.3 Å².